The summed E-state index contributed by atoms with van der Waals surface area (Å²) in [7, 11) is 0. The molecule has 3 rings (SSSR count). The quantitative estimate of drug-likeness (QED) is 0.451. The molecule has 0 aliphatic rings. The number of carbonyl (C=O) groups excluding carboxylic acids is 1. The van der Waals surface area contributed by atoms with Gasteiger partial charge in [0.25, 0.3) is 5.56 Å². The summed E-state index contributed by atoms with van der Waals surface area (Å²) >= 11 is 1.28. The Morgan fingerprint density at radius 3 is 2.53 bits per heavy atom. The van der Waals surface area contributed by atoms with Crippen molar-refractivity contribution in [3.05, 3.63) is 63.1 Å². The molecular weight excluding hydrogens is 452 g/mol. The molecule has 0 radical (unpaired) electrons. The first-order valence-electron chi connectivity index (χ1n) is 11.2. The number of imidazole rings is 1. The Morgan fingerprint density at radius 2 is 1.88 bits per heavy atom. The molecule has 3 N–H and O–H groups in total. The molecule has 0 saturated heterocycles. The predicted octanol–water partition coefficient (Wildman–Crippen LogP) is 3.05. The minimum atomic E-state index is -0.664. The zero-order valence-corrected chi connectivity index (χ0v) is 21.1. The minimum absolute atomic E-state index is 0.00265. The van der Waals surface area contributed by atoms with Crippen LogP contribution in [-0.2, 0) is 11.3 Å². The molecule has 0 bridgehead atoms. The molecule has 34 heavy (non-hydrogen) atoms. The molecule has 10 heteroatoms. The van der Waals surface area contributed by atoms with E-state index in [2.05, 4.69) is 9.97 Å². The van der Waals surface area contributed by atoms with Gasteiger partial charge in [0.05, 0.1) is 11.4 Å². The van der Waals surface area contributed by atoms with Crippen molar-refractivity contribution in [3.63, 3.8) is 0 Å². The second-order valence-corrected chi connectivity index (χ2v) is 9.99. The van der Waals surface area contributed by atoms with Gasteiger partial charge in [-0.25, -0.2) is 9.78 Å². The summed E-state index contributed by atoms with van der Waals surface area (Å²) in [6.45, 7) is 10.4. The van der Waals surface area contributed by atoms with E-state index in [1.54, 1.807) is 6.20 Å². The summed E-state index contributed by atoms with van der Waals surface area (Å²) in [5.41, 5.74) is 7.12. The maximum Gasteiger partial charge on any atom is 0.330 e. The van der Waals surface area contributed by atoms with Crippen molar-refractivity contribution in [1.82, 2.24) is 19.1 Å². The van der Waals surface area contributed by atoms with Crippen LogP contribution in [0.15, 0.2) is 51.4 Å². The number of amides is 1. The molecule has 2 heterocycles. The van der Waals surface area contributed by atoms with E-state index in [-0.39, 0.29) is 35.0 Å². The number of anilines is 2. The van der Waals surface area contributed by atoms with E-state index < -0.39 is 11.2 Å². The number of rotatable bonds is 9. The highest BCUT2D eigenvalue weighted by molar-refractivity contribution is 7.99. The number of carbonyl (C=O) groups is 1. The average molecular weight is 485 g/mol. The molecule has 0 fully saturated rings. The van der Waals surface area contributed by atoms with Crippen LogP contribution in [0, 0.1) is 18.8 Å². The van der Waals surface area contributed by atoms with Crippen molar-refractivity contribution in [2.24, 2.45) is 11.8 Å². The molecule has 9 nitrogen and oxygen atoms in total. The fraction of sp³-hybridized carbons (Fsp3) is 0.417. The van der Waals surface area contributed by atoms with Gasteiger partial charge in [0.15, 0.2) is 10.8 Å². The van der Waals surface area contributed by atoms with Crippen LogP contribution in [0.2, 0.25) is 0 Å². The molecule has 0 unspecified atom stereocenters. The van der Waals surface area contributed by atoms with Crippen LogP contribution in [0.4, 0.5) is 11.5 Å². The molecule has 1 amide bonds. The number of thioether (sulfide) groups is 1. The van der Waals surface area contributed by atoms with Crippen molar-refractivity contribution >= 4 is 29.2 Å². The molecule has 182 valence electrons. The number of nitrogens with zero attached hydrogens (tertiary/aromatic N) is 4. The van der Waals surface area contributed by atoms with E-state index in [1.165, 1.54) is 21.2 Å². The third-order valence-corrected chi connectivity index (χ3v) is 6.14. The zero-order chi connectivity index (χ0) is 25.0. The van der Waals surface area contributed by atoms with Gasteiger partial charge in [0, 0.05) is 25.5 Å². The number of nitrogens with one attached hydrogen (secondary N) is 1. The first-order chi connectivity index (χ1) is 16.1. The van der Waals surface area contributed by atoms with Crippen LogP contribution in [0.25, 0.3) is 5.69 Å². The van der Waals surface area contributed by atoms with E-state index >= 15 is 0 Å². The predicted molar refractivity (Wildman–Crippen MR) is 137 cm³/mol. The third kappa shape index (κ3) is 5.61. The largest absolute Gasteiger partial charge is 0.383 e. The van der Waals surface area contributed by atoms with Gasteiger partial charge in [-0.2, -0.15) is 0 Å². The van der Waals surface area contributed by atoms with E-state index in [1.807, 2.05) is 69.6 Å². The van der Waals surface area contributed by atoms with Gasteiger partial charge in [-0.3, -0.25) is 23.7 Å². The summed E-state index contributed by atoms with van der Waals surface area (Å²) < 4.78 is 3.25. The maximum absolute atomic E-state index is 13.4. The highest BCUT2D eigenvalue weighted by atomic mass is 32.2. The first kappa shape index (κ1) is 25.4. The topological polar surface area (TPSA) is 119 Å². The average Bonchev–Trinajstić information content (AvgIpc) is 3.22. The Bertz CT molecular complexity index is 1270. The highest BCUT2D eigenvalue weighted by Gasteiger charge is 2.25. The number of aromatic amines is 1. The Balaban J connectivity index is 1.92. The van der Waals surface area contributed by atoms with Crippen LogP contribution in [0.5, 0.6) is 0 Å². The van der Waals surface area contributed by atoms with Crippen molar-refractivity contribution in [2.75, 3.05) is 22.9 Å². The number of benzene rings is 1. The summed E-state index contributed by atoms with van der Waals surface area (Å²) in [5.74, 6) is -0.0264. The number of para-hydroxylation sites is 1. The lowest BCUT2D eigenvalue weighted by molar-refractivity contribution is -0.116. The summed E-state index contributed by atoms with van der Waals surface area (Å²) in [4.78, 5) is 46.6. The van der Waals surface area contributed by atoms with Crippen molar-refractivity contribution in [1.29, 1.82) is 0 Å². The van der Waals surface area contributed by atoms with E-state index in [4.69, 9.17) is 5.73 Å². The highest BCUT2D eigenvalue weighted by Crippen LogP contribution is 2.25. The van der Waals surface area contributed by atoms with Gasteiger partial charge < -0.3 is 10.6 Å². The third-order valence-electron chi connectivity index (χ3n) is 5.19. The SMILES string of the molecule is Cc1ccccc1-n1ccnc1SCC(=O)N(CC(C)C)c1c(N)n(CC(C)C)c(=O)[nH]c1=O. The number of aryl methyl sites for hydroxylation is 1. The van der Waals surface area contributed by atoms with Gasteiger partial charge in [-0.15, -0.1) is 0 Å². The Morgan fingerprint density at radius 1 is 1.18 bits per heavy atom. The molecule has 3 aromatic rings. The van der Waals surface area contributed by atoms with Gasteiger partial charge in [-0.1, -0.05) is 57.7 Å². The summed E-state index contributed by atoms with van der Waals surface area (Å²) in [6, 6.07) is 7.93. The van der Waals surface area contributed by atoms with Crippen LogP contribution in [0.3, 0.4) is 0 Å². The molecule has 0 saturated carbocycles. The maximum atomic E-state index is 13.4. The Labute approximate surface area is 203 Å². The van der Waals surface area contributed by atoms with Gasteiger partial charge >= 0.3 is 5.69 Å². The first-order valence-corrected chi connectivity index (χ1v) is 12.2. The number of aromatic nitrogens is 4. The smallest absolute Gasteiger partial charge is 0.330 e. The van der Waals surface area contributed by atoms with Gasteiger partial charge in [0.1, 0.15) is 5.82 Å². The monoisotopic (exact) mass is 484 g/mol. The Hall–Kier alpha value is -3.27. The van der Waals surface area contributed by atoms with Crippen molar-refractivity contribution < 1.29 is 4.79 Å². The molecule has 0 spiro atoms. The van der Waals surface area contributed by atoms with Crippen LogP contribution in [-0.4, -0.2) is 37.3 Å². The second kappa shape index (κ2) is 10.8. The van der Waals surface area contributed by atoms with E-state index in [9.17, 15) is 14.4 Å². The number of hydrogen-bond acceptors (Lipinski definition) is 6. The van der Waals surface area contributed by atoms with Crippen molar-refractivity contribution in [3.8, 4) is 5.69 Å². The van der Waals surface area contributed by atoms with Gasteiger partial charge in [-0.05, 0) is 30.4 Å². The van der Waals surface area contributed by atoms with E-state index in [0.717, 1.165) is 11.3 Å². The van der Waals surface area contributed by atoms with Crippen molar-refractivity contribution in [2.45, 2.75) is 46.3 Å². The molecule has 0 aliphatic carbocycles. The molecule has 0 aliphatic heterocycles. The molecule has 2 aromatic heterocycles. The van der Waals surface area contributed by atoms with E-state index in [0.29, 0.717) is 18.2 Å². The number of nitrogen functional groups attached to an aromatic ring is 1. The lowest BCUT2D eigenvalue weighted by Crippen LogP contribution is -2.43. The second-order valence-electron chi connectivity index (χ2n) is 9.05. The van der Waals surface area contributed by atoms with Crippen LogP contribution < -0.4 is 21.9 Å². The Kier molecular flexibility index (Phi) is 8.03. The zero-order valence-electron chi connectivity index (χ0n) is 20.2. The minimum Gasteiger partial charge on any atom is -0.383 e. The molecule has 1 aromatic carbocycles. The normalized spacial score (nSPS) is 11.4. The number of nitrogens with two attached hydrogens (primary N) is 1. The fourth-order valence-corrected chi connectivity index (χ4v) is 4.53. The summed E-state index contributed by atoms with van der Waals surface area (Å²) in [6.07, 6.45) is 3.54. The lowest BCUT2D eigenvalue weighted by atomic mass is 10.2. The fourth-order valence-electron chi connectivity index (χ4n) is 3.69. The van der Waals surface area contributed by atoms with Crippen LogP contribution >= 0.6 is 11.8 Å². The lowest BCUT2D eigenvalue weighted by Gasteiger charge is -2.26. The standard InChI is InChI=1S/C24H32N6O3S/c1-15(2)12-29(20-21(25)30(13-16(3)4)23(33)27-22(20)32)19(31)14-34-24-26-10-11-28(24)18-9-7-6-8-17(18)5/h6-11,15-16H,12-14,25H2,1-5H3,(H,27,32,33). The molecular formula is C24H32N6O3S. The van der Waals surface area contributed by atoms with Crippen LogP contribution in [0.1, 0.15) is 33.3 Å². The number of hydrogen-bond donors (Lipinski definition) is 2. The number of H-pyrrole nitrogens is 1. The summed E-state index contributed by atoms with van der Waals surface area (Å²) in [5, 5.41) is 0.666. The van der Waals surface area contributed by atoms with Gasteiger partial charge in [0.2, 0.25) is 5.91 Å². The molecule has 0 atom stereocenters.